The predicted molar refractivity (Wildman–Crippen MR) is 106 cm³/mol. The van der Waals surface area contributed by atoms with Gasteiger partial charge in [0, 0.05) is 11.1 Å². The highest BCUT2D eigenvalue weighted by Crippen LogP contribution is 2.22. The van der Waals surface area contributed by atoms with Crippen molar-refractivity contribution in [3.63, 3.8) is 0 Å². The number of rotatable bonds is 5. The number of nitrogens with one attached hydrogen (secondary N) is 1. The minimum atomic E-state index is -0.249. The predicted octanol–water partition coefficient (Wildman–Crippen LogP) is 3.84. The van der Waals surface area contributed by atoms with E-state index in [1.807, 2.05) is 47.8 Å². The van der Waals surface area contributed by atoms with E-state index in [1.165, 1.54) is 6.08 Å². The van der Waals surface area contributed by atoms with Crippen LogP contribution in [0.1, 0.15) is 11.4 Å². The first-order valence-corrected chi connectivity index (χ1v) is 9.42. The first kappa shape index (κ1) is 17.4. The third-order valence-electron chi connectivity index (χ3n) is 3.84. The Morgan fingerprint density at radius 3 is 2.85 bits per heavy atom. The van der Waals surface area contributed by atoms with Crippen LogP contribution in [0.2, 0.25) is 5.02 Å². The van der Waals surface area contributed by atoms with Gasteiger partial charge in [0.1, 0.15) is 5.69 Å². The molecular formula is C19H14ClN5OS. The van der Waals surface area contributed by atoms with Crippen molar-refractivity contribution in [1.82, 2.24) is 25.1 Å². The van der Waals surface area contributed by atoms with Crippen LogP contribution in [0.15, 0.2) is 60.0 Å². The van der Waals surface area contributed by atoms with Crippen molar-refractivity contribution < 1.29 is 4.79 Å². The molecule has 0 aliphatic heterocycles. The lowest BCUT2D eigenvalue weighted by atomic mass is 10.2. The molecule has 0 fully saturated rings. The van der Waals surface area contributed by atoms with Gasteiger partial charge in [-0.2, -0.15) is 9.61 Å². The molecule has 1 N–H and O–H groups in total. The van der Waals surface area contributed by atoms with Gasteiger partial charge < -0.3 is 5.32 Å². The summed E-state index contributed by atoms with van der Waals surface area (Å²) in [6.45, 7) is 0.216. The van der Waals surface area contributed by atoms with E-state index in [0.29, 0.717) is 16.5 Å². The number of carbonyl (C=O) groups is 1. The smallest absolute Gasteiger partial charge is 0.244 e. The van der Waals surface area contributed by atoms with E-state index < -0.39 is 0 Å². The number of benzene rings is 1. The Morgan fingerprint density at radius 1 is 1.15 bits per heavy atom. The van der Waals surface area contributed by atoms with Crippen LogP contribution in [0.25, 0.3) is 22.3 Å². The molecular weight excluding hydrogens is 382 g/mol. The Labute approximate surface area is 164 Å². The van der Waals surface area contributed by atoms with Crippen LogP contribution in [-0.4, -0.2) is 25.7 Å². The maximum atomic E-state index is 12.1. The summed E-state index contributed by atoms with van der Waals surface area (Å²) >= 11 is 7.69. The lowest BCUT2D eigenvalue weighted by Gasteiger charge is -2.02. The molecule has 134 valence electrons. The normalized spacial score (nSPS) is 11.3. The van der Waals surface area contributed by atoms with Gasteiger partial charge in [0.05, 0.1) is 11.4 Å². The zero-order valence-electron chi connectivity index (χ0n) is 14.0. The Bertz CT molecular complexity index is 1120. The number of thiophene rings is 1. The Balaban J connectivity index is 1.48. The monoisotopic (exact) mass is 395 g/mol. The molecule has 3 heterocycles. The van der Waals surface area contributed by atoms with Gasteiger partial charge in [-0.1, -0.05) is 35.9 Å². The number of nitrogens with zero attached hydrogens (tertiary/aromatic N) is 4. The van der Waals surface area contributed by atoms with E-state index in [2.05, 4.69) is 20.6 Å². The third-order valence-corrected chi connectivity index (χ3v) is 5.08. The summed E-state index contributed by atoms with van der Waals surface area (Å²) in [4.78, 5) is 13.2. The van der Waals surface area contributed by atoms with E-state index in [1.54, 1.807) is 28.0 Å². The molecule has 0 saturated heterocycles. The molecule has 4 aromatic rings. The molecule has 0 aliphatic rings. The molecule has 0 radical (unpaired) electrons. The van der Waals surface area contributed by atoms with Crippen molar-refractivity contribution in [1.29, 1.82) is 0 Å². The SMILES string of the molecule is O=C(/C=C/c1ccccc1Cl)NCc1nnc2ccc(-c3cccs3)nn12. The van der Waals surface area contributed by atoms with E-state index in [4.69, 9.17) is 11.6 Å². The summed E-state index contributed by atoms with van der Waals surface area (Å²) in [7, 11) is 0. The van der Waals surface area contributed by atoms with Gasteiger partial charge in [0.15, 0.2) is 11.5 Å². The summed E-state index contributed by atoms with van der Waals surface area (Å²) < 4.78 is 1.65. The summed E-state index contributed by atoms with van der Waals surface area (Å²) in [5.41, 5.74) is 2.25. The minimum Gasteiger partial charge on any atom is -0.345 e. The van der Waals surface area contributed by atoms with Gasteiger partial charge in [-0.05, 0) is 41.3 Å². The van der Waals surface area contributed by atoms with E-state index >= 15 is 0 Å². The molecule has 0 unspecified atom stereocenters. The Kier molecular flexibility index (Phi) is 4.95. The van der Waals surface area contributed by atoms with Crippen LogP contribution >= 0.6 is 22.9 Å². The maximum absolute atomic E-state index is 12.1. The van der Waals surface area contributed by atoms with Crippen LogP contribution in [0.5, 0.6) is 0 Å². The van der Waals surface area contributed by atoms with E-state index in [-0.39, 0.29) is 12.5 Å². The largest absolute Gasteiger partial charge is 0.345 e. The molecule has 6 nitrogen and oxygen atoms in total. The summed E-state index contributed by atoms with van der Waals surface area (Å²) in [5.74, 6) is 0.309. The fraction of sp³-hybridized carbons (Fsp3) is 0.0526. The fourth-order valence-corrected chi connectivity index (χ4v) is 3.39. The van der Waals surface area contributed by atoms with Crippen molar-refractivity contribution in [2.45, 2.75) is 6.54 Å². The van der Waals surface area contributed by atoms with Gasteiger partial charge in [-0.25, -0.2) is 0 Å². The van der Waals surface area contributed by atoms with Crippen molar-refractivity contribution in [3.05, 3.63) is 76.4 Å². The van der Waals surface area contributed by atoms with Gasteiger partial charge in [-0.3, -0.25) is 4.79 Å². The maximum Gasteiger partial charge on any atom is 0.244 e. The zero-order chi connectivity index (χ0) is 18.6. The van der Waals surface area contributed by atoms with Crippen molar-refractivity contribution in [3.8, 4) is 10.6 Å². The van der Waals surface area contributed by atoms with Crippen LogP contribution in [0, 0.1) is 0 Å². The van der Waals surface area contributed by atoms with Crippen LogP contribution in [0.4, 0.5) is 0 Å². The summed E-state index contributed by atoms with van der Waals surface area (Å²) in [6.07, 6.45) is 3.11. The fourth-order valence-electron chi connectivity index (χ4n) is 2.50. The second-order valence-electron chi connectivity index (χ2n) is 5.65. The average Bonchev–Trinajstić information content (AvgIpc) is 3.35. The van der Waals surface area contributed by atoms with E-state index in [9.17, 15) is 4.79 Å². The lowest BCUT2D eigenvalue weighted by Crippen LogP contribution is -2.22. The average molecular weight is 396 g/mol. The number of halogens is 1. The number of aromatic nitrogens is 4. The number of fused-ring (bicyclic) bond motifs is 1. The highest BCUT2D eigenvalue weighted by atomic mass is 35.5. The second kappa shape index (κ2) is 7.69. The molecule has 0 aliphatic carbocycles. The van der Waals surface area contributed by atoms with Crippen molar-refractivity contribution in [2.75, 3.05) is 0 Å². The van der Waals surface area contributed by atoms with Crippen LogP contribution in [-0.2, 0) is 11.3 Å². The highest BCUT2D eigenvalue weighted by molar-refractivity contribution is 7.13. The van der Waals surface area contributed by atoms with Crippen LogP contribution < -0.4 is 5.32 Å². The number of amides is 1. The van der Waals surface area contributed by atoms with Crippen molar-refractivity contribution >= 4 is 40.6 Å². The molecule has 3 aromatic heterocycles. The standard InChI is InChI=1S/C19H14ClN5OS/c20-14-5-2-1-4-13(14)7-10-19(26)21-12-18-23-22-17-9-8-15(24-25(17)18)16-6-3-11-27-16/h1-11H,12H2,(H,21,26)/b10-7+. The number of carbonyl (C=O) groups excluding carboxylic acids is 1. The first-order valence-electron chi connectivity index (χ1n) is 8.16. The van der Waals surface area contributed by atoms with Gasteiger partial charge in [-0.15, -0.1) is 21.5 Å². The summed E-state index contributed by atoms with van der Waals surface area (Å²) in [5, 5.41) is 18.2. The van der Waals surface area contributed by atoms with Crippen molar-refractivity contribution in [2.24, 2.45) is 0 Å². The van der Waals surface area contributed by atoms with E-state index in [0.717, 1.165) is 16.1 Å². The zero-order valence-corrected chi connectivity index (χ0v) is 15.6. The molecule has 0 saturated carbocycles. The lowest BCUT2D eigenvalue weighted by molar-refractivity contribution is -0.116. The topological polar surface area (TPSA) is 72.2 Å². The molecule has 4 rings (SSSR count). The molecule has 8 heteroatoms. The summed E-state index contributed by atoms with van der Waals surface area (Å²) in [6, 6.07) is 15.1. The van der Waals surface area contributed by atoms with Gasteiger partial charge in [0.25, 0.3) is 0 Å². The first-order chi connectivity index (χ1) is 13.2. The van der Waals surface area contributed by atoms with Gasteiger partial charge in [0.2, 0.25) is 5.91 Å². The molecule has 1 amide bonds. The van der Waals surface area contributed by atoms with Gasteiger partial charge >= 0.3 is 0 Å². The quantitative estimate of drug-likeness (QED) is 0.521. The highest BCUT2D eigenvalue weighted by Gasteiger charge is 2.10. The molecule has 27 heavy (non-hydrogen) atoms. The number of hydrogen-bond donors (Lipinski definition) is 1. The number of hydrogen-bond acceptors (Lipinski definition) is 5. The molecule has 0 bridgehead atoms. The van der Waals surface area contributed by atoms with Crippen LogP contribution in [0.3, 0.4) is 0 Å². The minimum absolute atomic E-state index is 0.216. The Morgan fingerprint density at radius 2 is 2.04 bits per heavy atom. The third kappa shape index (κ3) is 3.89. The second-order valence-corrected chi connectivity index (χ2v) is 7.01. The Hall–Kier alpha value is -3.03. The molecule has 1 aromatic carbocycles. The molecule has 0 spiro atoms. The molecule has 0 atom stereocenters.